The molecule has 0 bridgehead atoms. The highest BCUT2D eigenvalue weighted by atomic mass is 19.1. The lowest BCUT2D eigenvalue weighted by molar-refractivity contribution is 0.0392. The molecule has 0 amide bonds. The zero-order chi connectivity index (χ0) is 17.2. The maximum Gasteiger partial charge on any atom is 0.254 e. The monoisotopic (exact) mass is 341 g/mol. The molecule has 1 saturated heterocycles. The first kappa shape index (κ1) is 16.0. The zero-order valence-corrected chi connectivity index (χ0v) is 14.1. The molecule has 130 valence electrons. The van der Waals surface area contributed by atoms with Gasteiger partial charge in [0.2, 0.25) is 0 Å². The summed E-state index contributed by atoms with van der Waals surface area (Å²) in [7, 11) is 0. The molecule has 1 fully saturated rings. The molecular formula is C18H20FN5O. The number of hydrogen-bond acceptors (Lipinski definition) is 5. The SMILES string of the molecule is CCCc1cc(N2CCOC(c3cccc(F)c3)C2)n2ncnc2n1. The maximum absolute atomic E-state index is 13.5. The standard InChI is InChI=1S/C18H20FN5O/c1-2-4-15-10-17(24-18(22-15)20-12-21-24)23-7-8-25-16(11-23)13-5-3-6-14(19)9-13/h3,5-6,9-10,12,16H,2,4,7-8,11H2,1H3. The van der Waals surface area contributed by atoms with Crippen molar-refractivity contribution in [3.05, 3.63) is 53.7 Å². The van der Waals surface area contributed by atoms with Crippen molar-refractivity contribution in [2.75, 3.05) is 24.6 Å². The highest BCUT2D eigenvalue weighted by molar-refractivity contribution is 5.48. The molecule has 0 aliphatic carbocycles. The van der Waals surface area contributed by atoms with Crippen LogP contribution in [-0.2, 0) is 11.2 Å². The van der Waals surface area contributed by atoms with Gasteiger partial charge in [-0.2, -0.15) is 14.6 Å². The molecule has 4 rings (SSSR count). The summed E-state index contributed by atoms with van der Waals surface area (Å²) >= 11 is 0. The Bertz CT molecular complexity index is 881. The van der Waals surface area contributed by atoms with Crippen molar-refractivity contribution < 1.29 is 9.13 Å². The van der Waals surface area contributed by atoms with Gasteiger partial charge >= 0.3 is 0 Å². The van der Waals surface area contributed by atoms with Crippen molar-refractivity contribution in [1.29, 1.82) is 0 Å². The lowest BCUT2D eigenvalue weighted by Gasteiger charge is -2.34. The summed E-state index contributed by atoms with van der Waals surface area (Å²) in [5, 5.41) is 4.31. The first-order chi connectivity index (χ1) is 12.2. The predicted octanol–water partition coefficient (Wildman–Crippen LogP) is 2.79. The number of halogens is 1. The number of fused-ring (bicyclic) bond motifs is 1. The quantitative estimate of drug-likeness (QED) is 0.730. The molecule has 0 saturated carbocycles. The molecule has 1 atom stereocenters. The molecule has 2 aromatic heterocycles. The summed E-state index contributed by atoms with van der Waals surface area (Å²) in [6.45, 7) is 4.08. The van der Waals surface area contributed by atoms with E-state index in [1.165, 1.54) is 18.5 Å². The van der Waals surface area contributed by atoms with Gasteiger partial charge in [0.25, 0.3) is 5.78 Å². The number of morpholine rings is 1. The van der Waals surface area contributed by atoms with Crippen LogP contribution in [0.4, 0.5) is 10.2 Å². The van der Waals surface area contributed by atoms with Crippen LogP contribution in [0.15, 0.2) is 36.7 Å². The summed E-state index contributed by atoms with van der Waals surface area (Å²) in [6, 6.07) is 8.67. The van der Waals surface area contributed by atoms with Gasteiger partial charge in [-0.05, 0) is 24.1 Å². The van der Waals surface area contributed by atoms with Gasteiger partial charge in [0, 0.05) is 24.8 Å². The third-order valence-corrected chi connectivity index (χ3v) is 4.40. The van der Waals surface area contributed by atoms with Crippen LogP contribution in [-0.4, -0.2) is 39.3 Å². The van der Waals surface area contributed by atoms with Crippen molar-refractivity contribution in [1.82, 2.24) is 19.6 Å². The van der Waals surface area contributed by atoms with Crippen LogP contribution in [0.3, 0.4) is 0 Å². The molecule has 0 spiro atoms. The van der Waals surface area contributed by atoms with E-state index in [4.69, 9.17) is 4.74 Å². The summed E-state index contributed by atoms with van der Waals surface area (Å²) in [4.78, 5) is 11.0. The van der Waals surface area contributed by atoms with E-state index >= 15 is 0 Å². The van der Waals surface area contributed by atoms with E-state index in [1.54, 1.807) is 10.6 Å². The Balaban J connectivity index is 1.67. The van der Waals surface area contributed by atoms with Crippen LogP contribution >= 0.6 is 0 Å². The van der Waals surface area contributed by atoms with E-state index in [1.807, 2.05) is 6.07 Å². The van der Waals surface area contributed by atoms with Gasteiger partial charge in [0.05, 0.1) is 6.61 Å². The van der Waals surface area contributed by atoms with Gasteiger partial charge in [-0.15, -0.1) is 0 Å². The third-order valence-electron chi connectivity index (χ3n) is 4.40. The molecule has 1 unspecified atom stereocenters. The fraction of sp³-hybridized carbons (Fsp3) is 0.389. The third kappa shape index (κ3) is 3.19. The fourth-order valence-electron chi connectivity index (χ4n) is 3.22. The average molecular weight is 341 g/mol. The van der Waals surface area contributed by atoms with Crippen molar-refractivity contribution in [2.45, 2.75) is 25.9 Å². The van der Waals surface area contributed by atoms with Crippen molar-refractivity contribution >= 4 is 11.6 Å². The second-order valence-corrected chi connectivity index (χ2v) is 6.19. The number of ether oxygens (including phenoxy) is 1. The van der Waals surface area contributed by atoms with Gasteiger partial charge in [0.15, 0.2) is 0 Å². The van der Waals surface area contributed by atoms with Crippen molar-refractivity contribution in [2.24, 2.45) is 0 Å². The minimum atomic E-state index is -0.244. The number of anilines is 1. The van der Waals surface area contributed by atoms with E-state index in [2.05, 4.69) is 33.0 Å². The van der Waals surface area contributed by atoms with E-state index in [9.17, 15) is 4.39 Å². The number of aromatic nitrogens is 4. The number of benzene rings is 1. The second-order valence-electron chi connectivity index (χ2n) is 6.19. The zero-order valence-electron chi connectivity index (χ0n) is 14.1. The Hall–Kier alpha value is -2.54. The van der Waals surface area contributed by atoms with E-state index in [0.717, 1.165) is 36.5 Å². The highest BCUT2D eigenvalue weighted by Crippen LogP contribution is 2.27. The Kier molecular flexibility index (Phi) is 4.31. The lowest BCUT2D eigenvalue weighted by Crippen LogP contribution is -2.39. The van der Waals surface area contributed by atoms with E-state index in [-0.39, 0.29) is 11.9 Å². The molecule has 1 aliphatic rings. The highest BCUT2D eigenvalue weighted by Gasteiger charge is 2.25. The van der Waals surface area contributed by atoms with Gasteiger partial charge in [-0.3, -0.25) is 0 Å². The van der Waals surface area contributed by atoms with Gasteiger partial charge < -0.3 is 9.64 Å². The largest absolute Gasteiger partial charge is 0.370 e. The van der Waals surface area contributed by atoms with Crippen LogP contribution in [0.1, 0.15) is 30.7 Å². The van der Waals surface area contributed by atoms with Gasteiger partial charge in [-0.25, -0.2) is 9.37 Å². The van der Waals surface area contributed by atoms with Crippen LogP contribution in [0.25, 0.3) is 5.78 Å². The smallest absolute Gasteiger partial charge is 0.254 e. The molecule has 1 aliphatic heterocycles. The lowest BCUT2D eigenvalue weighted by atomic mass is 10.1. The fourth-order valence-corrected chi connectivity index (χ4v) is 3.22. The summed E-state index contributed by atoms with van der Waals surface area (Å²) in [5.74, 6) is 1.32. The number of nitrogens with zero attached hydrogens (tertiary/aromatic N) is 5. The second kappa shape index (κ2) is 6.76. The van der Waals surface area contributed by atoms with Crippen molar-refractivity contribution in [3.8, 4) is 0 Å². The first-order valence-corrected chi connectivity index (χ1v) is 8.56. The molecule has 3 aromatic rings. The molecule has 0 N–H and O–H groups in total. The Morgan fingerprint density at radius 1 is 1.32 bits per heavy atom. The molecule has 7 heteroatoms. The molecule has 3 heterocycles. The summed E-state index contributed by atoms with van der Waals surface area (Å²) in [6.07, 6.45) is 3.26. The number of rotatable bonds is 4. The van der Waals surface area contributed by atoms with Crippen LogP contribution in [0.2, 0.25) is 0 Å². The number of aryl methyl sites for hydroxylation is 1. The topological polar surface area (TPSA) is 55.6 Å². The Morgan fingerprint density at radius 2 is 2.24 bits per heavy atom. The molecule has 6 nitrogen and oxygen atoms in total. The van der Waals surface area contributed by atoms with Crippen LogP contribution in [0, 0.1) is 5.82 Å². The Labute approximate surface area is 145 Å². The summed E-state index contributed by atoms with van der Waals surface area (Å²) < 4.78 is 21.2. The van der Waals surface area contributed by atoms with Crippen LogP contribution in [0.5, 0.6) is 0 Å². The Morgan fingerprint density at radius 3 is 3.08 bits per heavy atom. The normalized spacial score (nSPS) is 18.0. The van der Waals surface area contributed by atoms with E-state index in [0.29, 0.717) is 18.9 Å². The van der Waals surface area contributed by atoms with Crippen molar-refractivity contribution in [3.63, 3.8) is 0 Å². The molecule has 0 radical (unpaired) electrons. The molecule has 1 aromatic carbocycles. The predicted molar refractivity (Wildman–Crippen MR) is 92.1 cm³/mol. The maximum atomic E-state index is 13.5. The molecular weight excluding hydrogens is 321 g/mol. The minimum absolute atomic E-state index is 0.175. The van der Waals surface area contributed by atoms with Gasteiger partial charge in [0.1, 0.15) is 24.1 Å². The average Bonchev–Trinajstić information content (AvgIpc) is 3.10. The van der Waals surface area contributed by atoms with Crippen LogP contribution < -0.4 is 4.90 Å². The molecule has 25 heavy (non-hydrogen) atoms. The van der Waals surface area contributed by atoms with E-state index < -0.39 is 0 Å². The van der Waals surface area contributed by atoms with Gasteiger partial charge in [-0.1, -0.05) is 25.5 Å². The minimum Gasteiger partial charge on any atom is -0.370 e. The summed E-state index contributed by atoms with van der Waals surface area (Å²) in [5.41, 5.74) is 1.86. The first-order valence-electron chi connectivity index (χ1n) is 8.56. The number of hydrogen-bond donors (Lipinski definition) is 0.